The van der Waals surface area contributed by atoms with Gasteiger partial charge in [0.25, 0.3) is 5.91 Å². The number of nitrogen functional groups attached to an aromatic ring is 1. The van der Waals surface area contributed by atoms with Crippen LogP contribution in [0.5, 0.6) is 5.75 Å². The minimum Gasteiger partial charge on any atom is -0.431 e. The molecule has 12 heteroatoms. The smallest absolute Gasteiger partial charge is 0.387 e. The van der Waals surface area contributed by atoms with Crippen molar-refractivity contribution in [3.05, 3.63) is 18.3 Å². The van der Waals surface area contributed by atoms with Gasteiger partial charge in [0.1, 0.15) is 11.4 Å². The van der Waals surface area contributed by atoms with Crippen molar-refractivity contribution in [2.45, 2.75) is 57.0 Å². The lowest BCUT2D eigenvalue weighted by Gasteiger charge is -2.63. The molecule has 4 saturated heterocycles. The molecule has 0 radical (unpaired) electrons. The van der Waals surface area contributed by atoms with Crippen molar-refractivity contribution < 1.29 is 23.0 Å². The van der Waals surface area contributed by atoms with E-state index in [1.807, 2.05) is 11.0 Å². The van der Waals surface area contributed by atoms with Gasteiger partial charge in [0, 0.05) is 50.6 Å². The first-order valence-corrected chi connectivity index (χ1v) is 12.1. The molecule has 10 nitrogen and oxygen atoms in total. The first-order valence-electron chi connectivity index (χ1n) is 12.1. The Bertz CT molecular complexity index is 1210. The number of ether oxygens (including phenoxy) is 2. The van der Waals surface area contributed by atoms with Crippen LogP contribution in [0.1, 0.15) is 26.7 Å². The van der Waals surface area contributed by atoms with Crippen LogP contribution in [0.4, 0.5) is 26.4 Å². The summed E-state index contributed by atoms with van der Waals surface area (Å²) in [5, 5.41) is 0. The first kappa shape index (κ1) is 23.1. The molecule has 2 bridgehead atoms. The monoisotopic (exact) mass is 501 g/mol. The number of halogens is 2. The van der Waals surface area contributed by atoms with Gasteiger partial charge >= 0.3 is 6.61 Å². The number of aromatic nitrogens is 3. The molecule has 1 unspecified atom stereocenters. The van der Waals surface area contributed by atoms with E-state index in [1.54, 1.807) is 21.0 Å². The molecule has 5 fully saturated rings. The predicted molar refractivity (Wildman–Crippen MR) is 128 cm³/mol. The number of carbonyl (C=O) groups excluding carboxylic acids is 1. The lowest BCUT2D eigenvalue weighted by Crippen LogP contribution is -2.81. The number of hydrogen-bond donors (Lipinski definition) is 1. The number of methoxy groups -OCH3 is 1. The van der Waals surface area contributed by atoms with Crippen LogP contribution in [-0.2, 0) is 9.53 Å². The van der Waals surface area contributed by atoms with Crippen LogP contribution in [0.25, 0.3) is 11.3 Å². The zero-order valence-corrected chi connectivity index (χ0v) is 20.4. The molecular weight excluding hydrogens is 472 g/mol. The Balaban J connectivity index is 1.30. The summed E-state index contributed by atoms with van der Waals surface area (Å²) in [6.07, 6.45) is 3.78. The van der Waals surface area contributed by atoms with Crippen LogP contribution in [0.3, 0.4) is 0 Å². The maximum Gasteiger partial charge on any atom is 0.387 e. The Morgan fingerprint density at radius 1 is 1.14 bits per heavy atom. The highest BCUT2D eigenvalue weighted by Gasteiger charge is 2.56. The average Bonchev–Trinajstić information content (AvgIpc) is 3.42. The quantitative estimate of drug-likeness (QED) is 0.610. The third kappa shape index (κ3) is 3.61. The van der Waals surface area contributed by atoms with E-state index in [4.69, 9.17) is 20.4 Å². The number of likely N-dealkylation sites (tertiary alicyclic amines) is 1. The fourth-order valence-electron chi connectivity index (χ4n) is 5.59. The number of amides is 1. The van der Waals surface area contributed by atoms with Crippen LogP contribution in [0, 0.1) is 5.92 Å². The number of pyridine rings is 1. The van der Waals surface area contributed by atoms with Gasteiger partial charge in [-0.1, -0.05) is 0 Å². The summed E-state index contributed by atoms with van der Waals surface area (Å²) in [6, 6.07) is 3.97. The second kappa shape index (κ2) is 8.12. The standard InChI is InChI=1S/C24H29F2N7O3/c1-24(2,35-3)21(34)33-11-16-17(33)10-32(16)19-7-15(13-6-18(36-22(25)26)20(27)28-8-13)29-23(30-19)31-9-12-4-14(31)5-12/h6-8,12,14,16-17,22H,4-5,9-11H2,1-3H3,(H2,27,28)/t12?,14?,16-,17?/m1/s1. The molecule has 1 saturated carbocycles. The van der Waals surface area contributed by atoms with E-state index in [1.165, 1.54) is 12.3 Å². The fourth-order valence-corrected chi connectivity index (χ4v) is 5.59. The molecule has 5 aliphatic rings. The van der Waals surface area contributed by atoms with Gasteiger partial charge in [-0.15, -0.1) is 0 Å². The Morgan fingerprint density at radius 3 is 2.53 bits per heavy atom. The second-order valence-electron chi connectivity index (χ2n) is 10.5. The summed E-state index contributed by atoms with van der Waals surface area (Å²) >= 11 is 0. The van der Waals surface area contributed by atoms with Crippen LogP contribution in [0.2, 0.25) is 0 Å². The summed E-state index contributed by atoms with van der Waals surface area (Å²) in [7, 11) is 1.54. The lowest BCUT2D eigenvalue weighted by molar-refractivity contribution is -0.164. The van der Waals surface area contributed by atoms with Gasteiger partial charge in [-0.3, -0.25) is 4.79 Å². The van der Waals surface area contributed by atoms with E-state index >= 15 is 0 Å². The van der Waals surface area contributed by atoms with Gasteiger partial charge in [-0.2, -0.15) is 13.8 Å². The molecule has 1 amide bonds. The Hall–Kier alpha value is -3.28. The SMILES string of the molecule is COC(C)(C)C(=O)N1C[C@@H]2C1CN2c1cc(-c2cnc(N)c(OC(F)F)c2)nc(N2CC3CC2C3)n1. The third-order valence-corrected chi connectivity index (χ3v) is 8.05. The van der Waals surface area contributed by atoms with E-state index in [9.17, 15) is 13.6 Å². The Labute approximate surface area is 207 Å². The largest absolute Gasteiger partial charge is 0.431 e. The molecule has 2 N–H and O–H groups in total. The molecule has 4 aliphatic heterocycles. The van der Waals surface area contributed by atoms with Gasteiger partial charge in [0.05, 0.1) is 17.8 Å². The second-order valence-corrected chi connectivity index (χ2v) is 10.5. The number of rotatable bonds is 7. The zero-order chi connectivity index (χ0) is 25.4. The normalized spacial score (nSPS) is 26.3. The van der Waals surface area contributed by atoms with E-state index in [-0.39, 0.29) is 29.6 Å². The topological polar surface area (TPSA) is 110 Å². The van der Waals surface area contributed by atoms with Crippen molar-refractivity contribution >= 4 is 23.5 Å². The molecule has 1 aliphatic carbocycles. The van der Waals surface area contributed by atoms with Crippen molar-refractivity contribution in [2.75, 3.05) is 42.3 Å². The first-order chi connectivity index (χ1) is 17.1. The predicted octanol–water partition coefficient (Wildman–Crippen LogP) is 2.15. The third-order valence-electron chi connectivity index (χ3n) is 8.05. The molecule has 0 spiro atoms. The lowest BCUT2D eigenvalue weighted by atomic mass is 9.84. The van der Waals surface area contributed by atoms with Crippen LogP contribution in [-0.4, -0.2) is 82.8 Å². The molecular formula is C24H29F2N7O3. The molecule has 2 atom stereocenters. The van der Waals surface area contributed by atoms with Crippen molar-refractivity contribution in [3.63, 3.8) is 0 Å². The number of fused-ring (bicyclic) bond motifs is 2. The highest BCUT2D eigenvalue weighted by Crippen LogP contribution is 2.44. The van der Waals surface area contributed by atoms with Gasteiger partial charge in [-0.05, 0) is 38.7 Å². The number of piperazine rings is 1. The van der Waals surface area contributed by atoms with E-state index < -0.39 is 12.2 Å². The summed E-state index contributed by atoms with van der Waals surface area (Å²) in [6.45, 7) is 2.69. The number of nitrogens with zero attached hydrogens (tertiary/aromatic N) is 6. The fraction of sp³-hybridized carbons (Fsp3) is 0.583. The molecule has 2 aromatic rings. The summed E-state index contributed by atoms with van der Waals surface area (Å²) in [5.74, 6) is 1.71. The van der Waals surface area contributed by atoms with E-state index in [0.717, 1.165) is 25.2 Å². The average molecular weight is 502 g/mol. The summed E-state index contributed by atoms with van der Waals surface area (Å²) in [5.41, 5.74) is 5.95. The van der Waals surface area contributed by atoms with Gasteiger partial charge in [0.2, 0.25) is 5.95 Å². The molecule has 7 rings (SSSR count). The Morgan fingerprint density at radius 2 is 1.92 bits per heavy atom. The van der Waals surface area contributed by atoms with Gasteiger partial charge in [0.15, 0.2) is 11.6 Å². The number of alkyl halides is 2. The van der Waals surface area contributed by atoms with Crippen LogP contribution < -0.4 is 20.3 Å². The van der Waals surface area contributed by atoms with E-state index in [2.05, 4.69) is 19.5 Å². The van der Waals surface area contributed by atoms with Crippen molar-refractivity contribution in [2.24, 2.45) is 5.92 Å². The maximum absolute atomic E-state index is 12.9. The van der Waals surface area contributed by atoms with Crippen molar-refractivity contribution in [1.82, 2.24) is 19.9 Å². The summed E-state index contributed by atoms with van der Waals surface area (Å²) < 4.78 is 35.6. The highest BCUT2D eigenvalue weighted by atomic mass is 19.3. The van der Waals surface area contributed by atoms with Gasteiger partial charge < -0.3 is 29.9 Å². The number of carbonyl (C=O) groups is 1. The molecule has 192 valence electrons. The number of hydrogen-bond acceptors (Lipinski definition) is 9. The summed E-state index contributed by atoms with van der Waals surface area (Å²) in [4.78, 5) is 32.8. The molecule has 6 heterocycles. The van der Waals surface area contributed by atoms with Crippen molar-refractivity contribution in [3.8, 4) is 17.0 Å². The number of anilines is 3. The van der Waals surface area contributed by atoms with E-state index in [0.29, 0.717) is 42.3 Å². The van der Waals surface area contributed by atoms with Crippen molar-refractivity contribution in [1.29, 1.82) is 0 Å². The molecule has 36 heavy (non-hydrogen) atoms. The van der Waals surface area contributed by atoms with Gasteiger partial charge in [-0.25, -0.2) is 9.97 Å². The van der Waals surface area contributed by atoms with Crippen LogP contribution in [0.15, 0.2) is 18.3 Å². The highest BCUT2D eigenvalue weighted by molar-refractivity contribution is 5.86. The number of nitrogens with two attached hydrogens (primary N) is 1. The maximum atomic E-state index is 12.9. The zero-order valence-electron chi connectivity index (χ0n) is 20.4. The molecule has 0 aromatic carbocycles. The minimum absolute atomic E-state index is 0.0219. The molecule has 2 aromatic heterocycles. The Kier molecular flexibility index (Phi) is 5.22. The van der Waals surface area contributed by atoms with Crippen LogP contribution >= 0.6 is 0 Å². The minimum atomic E-state index is -3.01.